The fourth-order valence-electron chi connectivity index (χ4n) is 2.52. The van der Waals surface area contributed by atoms with Gasteiger partial charge in [0.15, 0.2) is 11.9 Å². The number of imidazole rings is 1. The monoisotopic (exact) mass is 318 g/mol. The lowest BCUT2D eigenvalue weighted by Gasteiger charge is -2.16. The molecule has 2 N–H and O–H groups in total. The zero-order valence-corrected chi connectivity index (χ0v) is 12.7. The number of aliphatic hydroxyl groups excluding tert-OH is 2. The van der Waals surface area contributed by atoms with Crippen molar-refractivity contribution in [2.75, 3.05) is 0 Å². The number of aryl methyl sites for hydroxylation is 1. The maximum absolute atomic E-state index is 10.1. The number of hydrogen-bond donors (Lipinski definition) is 2. The standard InChI is InChI=1S/C15H18N4O3.CH4/c1-4-5-6-10-17-8(2)11-14(18-10)19(7-16-11)15-13(21)12(20)9(3)22-15;/h7,9,12-13,15,20-21H,4H2,1-3H3;1H4/t9-,12+,13?,15-;/m1./s1. The van der Waals surface area contributed by atoms with Gasteiger partial charge in [0.25, 0.3) is 0 Å². The first-order valence-corrected chi connectivity index (χ1v) is 7.24. The number of ether oxygens (including phenoxy) is 1. The summed E-state index contributed by atoms with van der Waals surface area (Å²) in [6.07, 6.45) is -0.899. The first kappa shape index (κ1) is 17.3. The summed E-state index contributed by atoms with van der Waals surface area (Å²) in [6, 6.07) is 0. The molecule has 3 rings (SSSR count). The molecule has 0 aliphatic carbocycles. The summed E-state index contributed by atoms with van der Waals surface area (Å²) >= 11 is 0. The van der Waals surface area contributed by atoms with Gasteiger partial charge >= 0.3 is 0 Å². The lowest BCUT2D eigenvalue weighted by molar-refractivity contribution is -0.0299. The molecular weight excluding hydrogens is 296 g/mol. The van der Waals surface area contributed by atoms with Gasteiger partial charge in [-0.15, -0.1) is 0 Å². The quantitative estimate of drug-likeness (QED) is 0.767. The van der Waals surface area contributed by atoms with Gasteiger partial charge in [0.2, 0.25) is 5.82 Å². The Labute approximate surface area is 135 Å². The molecule has 7 heteroatoms. The second kappa shape index (κ2) is 6.62. The van der Waals surface area contributed by atoms with E-state index in [1.807, 2.05) is 13.8 Å². The second-order valence-electron chi connectivity index (χ2n) is 5.32. The van der Waals surface area contributed by atoms with Crippen molar-refractivity contribution in [2.45, 2.75) is 59.2 Å². The summed E-state index contributed by atoms with van der Waals surface area (Å²) < 4.78 is 7.25. The van der Waals surface area contributed by atoms with Crippen LogP contribution in [0.2, 0.25) is 0 Å². The first-order valence-electron chi connectivity index (χ1n) is 7.24. The van der Waals surface area contributed by atoms with Crippen LogP contribution in [-0.4, -0.2) is 48.0 Å². The number of aliphatic hydroxyl groups is 2. The van der Waals surface area contributed by atoms with Crippen LogP contribution in [0.15, 0.2) is 6.33 Å². The number of nitrogens with zero attached hydrogens (tertiary/aromatic N) is 4. The third-order valence-corrected chi connectivity index (χ3v) is 3.72. The van der Waals surface area contributed by atoms with Crippen LogP contribution in [0.4, 0.5) is 0 Å². The van der Waals surface area contributed by atoms with Gasteiger partial charge in [0.1, 0.15) is 17.7 Å². The molecule has 1 unspecified atom stereocenters. The molecule has 1 saturated heterocycles. The lowest BCUT2D eigenvalue weighted by Crippen LogP contribution is -2.30. The molecule has 0 bridgehead atoms. The van der Waals surface area contributed by atoms with Crippen LogP contribution in [0.5, 0.6) is 0 Å². The van der Waals surface area contributed by atoms with E-state index in [4.69, 9.17) is 4.74 Å². The third kappa shape index (κ3) is 2.93. The SMILES string of the molecule is C.CCC#Cc1nc(C)c2ncn([C@@H]3O[C@H](C)[C@H](O)C3O)c2n1. The van der Waals surface area contributed by atoms with E-state index in [0.717, 1.165) is 0 Å². The molecule has 3 heterocycles. The highest BCUT2D eigenvalue weighted by molar-refractivity contribution is 5.73. The minimum atomic E-state index is -1.03. The summed E-state index contributed by atoms with van der Waals surface area (Å²) in [5.41, 5.74) is 1.88. The average Bonchev–Trinajstić information content (AvgIpc) is 3.02. The average molecular weight is 318 g/mol. The molecule has 1 fully saturated rings. The van der Waals surface area contributed by atoms with E-state index in [1.54, 1.807) is 17.8 Å². The highest BCUT2D eigenvalue weighted by Gasteiger charge is 2.42. The molecule has 1 aliphatic rings. The maximum atomic E-state index is 10.1. The topological polar surface area (TPSA) is 93.3 Å². The smallest absolute Gasteiger partial charge is 0.207 e. The van der Waals surface area contributed by atoms with Crippen molar-refractivity contribution in [2.24, 2.45) is 0 Å². The predicted octanol–water partition coefficient (Wildman–Crippen LogP) is 1.17. The van der Waals surface area contributed by atoms with Crippen molar-refractivity contribution >= 4 is 11.2 Å². The Balaban J connectivity index is 0.00000192. The molecule has 4 atom stereocenters. The molecule has 0 radical (unpaired) electrons. The normalized spacial score (nSPS) is 26.7. The molecule has 7 nitrogen and oxygen atoms in total. The zero-order valence-electron chi connectivity index (χ0n) is 12.7. The molecule has 124 valence electrons. The van der Waals surface area contributed by atoms with Gasteiger partial charge in [0.05, 0.1) is 18.1 Å². The van der Waals surface area contributed by atoms with Gasteiger partial charge in [-0.3, -0.25) is 4.57 Å². The van der Waals surface area contributed by atoms with Crippen LogP contribution in [0.3, 0.4) is 0 Å². The largest absolute Gasteiger partial charge is 0.388 e. The van der Waals surface area contributed by atoms with E-state index in [2.05, 4.69) is 26.8 Å². The predicted molar refractivity (Wildman–Crippen MR) is 85.6 cm³/mol. The number of rotatable bonds is 1. The molecule has 0 saturated carbocycles. The number of hydrogen-bond acceptors (Lipinski definition) is 6. The van der Waals surface area contributed by atoms with Gasteiger partial charge < -0.3 is 14.9 Å². The van der Waals surface area contributed by atoms with Crippen molar-refractivity contribution in [3.63, 3.8) is 0 Å². The fraction of sp³-hybridized carbons (Fsp3) is 0.562. The molecule has 0 spiro atoms. The van der Waals surface area contributed by atoms with Gasteiger partial charge in [-0.2, -0.15) is 0 Å². The third-order valence-electron chi connectivity index (χ3n) is 3.72. The molecule has 0 aromatic carbocycles. The zero-order chi connectivity index (χ0) is 15.9. The molecule has 2 aromatic rings. The van der Waals surface area contributed by atoms with Crippen LogP contribution in [0.25, 0.3) is 11.2 Å². The van der Waals surface area contributed by atoms with Gasteiger partial charge in [0, 0.05) is 6.42 Å². The van der Waals surface area contributed by atoms with Crippen molar-refractivity contribution in [1.82, 2.24) is 19.5 Å². The summed E-state index contributed by atoms with van der Waals surface area (Å²) in [5, 5.41) is 20.0. The van der Waals surface area contributed by atoms with Crippen LogP contribution >= 0.6 is 0 Å². The van der Waals surface area contributed by atoms with Gasteiger partial charge in [-0.05, 0) is 19.8 Å². The van der Waals surface area contributed by atoms with E-state index in [-0.39, 0.29) is 7.43 Å². The maximum Gasteiger partial charge on any atom is 0.207 e. The van der Waals surface area contributed by atoms with Crippen molar-refractivity contribution in [1.29, 1.82) is 0 Å². The van der Waals surface area contributed by atoms with Crippen molar-refractivity contribution in [3.8, 4) is 11.8 Å². The van der Waals surface area contributed by atoms with E-state index in [1.165, 1.54) is 0 Å². The van der Waals surface area contributed by atoms with E-state index >= 15 is 0 Å². The summed E-state index contributed by atoms with van der Waals surface area (Å²) in [7, 11) is 0. The Bertz CT molecular complexity index is 762. The Morgan fingerprint density at radius 1 is 1.30 bits per heavy atom. The molecule has 0 amide bonds. The molecular formula is C16H22N4O3. The Kier molecular flexibility index (Phi) is 5.00. The fourth-order valence-corrected chi connectivity index (χ4v) is 2.52. The second-order valence-corrected chi connectivity index (χ2v) is 5.32. The summed E-state index contributed by atoms with van der Waals surface area (Å²) in [5.74, 6) is 6.24. The van der Waals surface area contributed by atoms with Crippen LogP contribution < -0.4 is 0 Å². The van der Waals surface area contributed by atoms with Gasteiger partial charge in [-0.1, -0.05) is 20.3 Å². The van der Waals surface area contributed by atoms with Gasteiger partial charge in [-0.25, -0.2) is 15.0 Å². The molecule has 23 heavy (non-hydrogen) atoms. The summed E-state index contributed by atoms with van der Waals surface area (Å²) in [6.45, 7) is 5.50. The first-order chi connectivity index (χ1) is 10.5. The minimum Gasteiger partial charge on any atom is -0.388 e. The Morgan fingerprint density at radius 2 is 2.04 bits per heavy atom. The number of fused-ring (bicyclic) bond motifs is 1. The lowest BCUT2D eigenvalue weighted by atomic mass is 10.1. The highest BCUT2D eigenvalue weighted by Crippen LogP contribution is 2.31. The van der Waals surface area contributed by atoms with Crippen LogP contribution in [0.1, 0.15) is 45.4 Å². The van der Waals surface area contributed by atoms with E-state index in [0.29, 0.717) is 29.1 Å². The van der Waals surface area contributed by atoms with E-state index in [9.17, 15) is 10.2 Å². The minimum absolute atomic E-state index is 0. The van der Waals surface area contributed by atoms with E-state index < -0.39 is 24.5 Å². The van der Waals surface area contributed by atoms with Crippen molar-refractivity contribution in [3.05, 3.63) is 17.8 Å². The van der Waals surface area contributed by atoms with Crippen LogP contribution in [-0.2, 0) is 4.74 Å². The molecule has 2 aromatic heterocycles. The number of aromatic nitrogens is 4. The highest BCUT2D eigenvalue weighted by atomic mass is 16.6. The van der Waals surface area contributed by atoms with Crippen LogP contribution in [0, 0.1) is 18.8 Å². The summed E-state index contributed by atoms with van der Waals surface area (Å²) in [4.78, 5) is 13.0. The van der Waals surface area contributed by atoms with Crippen molar-refractivity contribution < 1.29 is 14.9 Å². The Morgan fingerprint density at radius 3 is 2.65 bits per heavy atom. The Hall–Kier alpha value is -2.01. The molecule has 1 aliphatic heterocycles.